The quantitative estimate of drug-likeness (QED) is 0.711. The molecule has 0 aromatic rings. The zero-order chi connectivity index (χ0) is 10.1. The van der Waals surface area contributed by atoms with E-state index in [0.29, 0.717) is 25.9 Å². The molecular formula is C9H16FNO2. The molecule has 3 nitrogen and oxygen atoms in total. The van der Waals surface area contributed by atoms with Gasteiger partial charge in [-0.1, -0.05) is 0 Å². The summed E-state index contributed by atoms with van der Waals surface area (Å²) in [5.74, 6) is -0.831. The molecule has 1 aliphatic rings. The molecule has 0 aromatic carbocycles. The zero-order valence-corrected chi connectivity index (χ0v) is 8.09. The summed E-state index contributed by atoms with van der Waals surface area (Å²) in [6.45, 7) is 4.31. The van der Waals surface area contributed by atoms with Crippen molar-refractivity contribution >= 4 is 5.97 Å². The molecule has 4 heteroatoms. The average molecular weight is 189 g/mol. The highest BCUT2D eigenvalue weighted by molar-refractivity contribution is 5.72. The Labute approximate surface area is 77.5 Å². The summed E-state index contributed by atoms with van der Waals surface area (Å²) in [5, 5.41) is 8.73. The SMILES string of the molecule is CC(C(=O)O)N1CCC(C)(F)CC1. The van der Waals surface area contributed by atoms with E-state index >= 15 is 0 Å². The number of halogens is 1. The van der Waals surface area contributed by atoms with Crippen LogP contribution in [0.3, 0.4) is 0 Å². The maximum Gasteiger partial charge on any atom is 0.320 e. The molecule has 0 saturated carbocycles. The first kappa shape index (κ1) is 10.4. The Hall–Kier alpha value is -0.640. The lowest BCUT2D eigenvalue weighted by molar-refractivity contribution is -0.143. The van der Waals surface area contributed by atoms with Crippen LogP contribution in [0.2, 0.25) is 0 Å². The van der Waals surface area contributed by atoms with Gasteiger partial charge < -0.3 is 5.11 Å². The summed E-state index contributed by atoms with van der Waals surface area (Å²) in [5.41, 5.74) is -1.10. The number of nitrogens with zero attached hydrogens (tertiary/aromatic N) is 1. The average Bonchev–Trinajstić information content (AvgIpc) is 2.03. The molecule has 1 unspecified atom stereocenters. The van der Waals surface area contributed by atoms with Gasteiger partial charge in [0.1, 0.15) is 11.7 Å². The van der Waals surface area contributed by atoms with Gasteiger partial charge in [-0.2, -0.15) is 0 Å². The second kappa shape index (κ2) is 3.62. The van der Waals surface area contributed by atoms with E-state index < -0.39 is 17.7 Å². The summed E-state index contributed by atoms with van der Waals surface area (Å²) < 4.78 is 13.3. The van der Waals surface area contributed by atoms with E-state index in [1.807, 2.05) is 4.90 Å². The fraction of sp³-hybridized carbons (Fsp3) is 0.889. The Bertz CT molecular complexity index is 196. The van der Waals surface area contributed by atoms with Crippen molar-refractivity contribution in [1.29, 1.82) is 0 Å². The minimum Gasteiger partial charge on any atom is -0.480 e. The largest absolute Gasteiger partial charge is 0.480 e. The summed E-state index contributed by atoms with van der Waals surface area (Å²) in [4.78, 5) is 12.4. The number of carboxylic acids is 1. The maximum absolute atomic E-state index is 13.3. The van der Waals surface area contributed by atoms with Gasteiger partial charge in [-0.25, -0.2) is 4.39 Å². The van der Waals surface area contributed by atoms with Crippen LogP contribution in [-0.2, 0) is 4.79 Å². The minimum absolute atomic E-state index is 0.435. The van der Waals surface area contributed by atoms with Crippen molar-refractivity contribution in [2.75, 3.05) is 13.1 Å². The van der Waals surface area contributed by atoms with Gasteiger partial charge in [0.05, 0.1) is 0 Å². The van der Waals surface area contributed by atoms with E-state index in [0.717, 1.165) is 0 Å². The van der Waals surface area contributed by atoms with Crippen LogP contribution < -0.4 is 0 Å². The lowest BCUT2D eigenvalue weighted by Gasteiger charge is -2.36. The Balaban J connectivity index is 2.45. The third kappa shape index (κ3) is 2.66. The fourth-order valence-electron chi connectivity index (χ4n) is 1.53. The van der Waals surface area contributed by atoms with Gasteiger partial charge in [0.25, 0.3) is 0 Å². The van der Waals surface area contributed by atoms with E-state index in [1.54, 1.807) is 13.8 Å². The van der Waals surface area contributed by atoms with Crippen LogP contribution in [0, 0.1) is 0 Å². The predicted octanol–water partition coefficient (Wildman–Crippen LogP) is 1.28. The van der Waals surface area contributed by atoms with Gasteiger partial charge in [0.15, 0.2) is 0 Å². The molecule has 1 fully saturated rings. The van der Waals surface area contributed by atoms with Gasteiger partial charge in [-0.05, 0) is 26.7 Å². The molecule has 0 amide bonds. The lowest BCUT2D eigenvalue weighted by atomic mass is 9.95. The maximum atomic E-state index is 13.3. The smallest absolute Gasteiger partial charge is 0.320 e. The molecule has 76 valence electrons. The van der Waals surface area contributed by atoms with Crippen LogP contribution in [0.5, 0.6) is 0 Å². The molecule has 0 bridgehead atoms. The topological polar surface area (TPSA) is 40.5 Å². The molecule has 1 aliphatic heterocycles. The first-order valence-electron chi connectivity index (χ1n) is 4.58. The van der Waals surface area contributed by atoms with Crippen LogP contribution in [0.1, 0.15) is 26.7 Å². The van der Waals surface area contributed by atoms with Crippen LogP contribution >= 0.6 is 0 Å². The number of piperidine rings is 1. The third-order valence-electron chi connectivity index (χ3n) is 2.75. The Morgan fingerprint density at radius 2 is 2.00 bits per heavy atom. The molecular weight excluding hydrogens is 173 g/mol. The lowest BCUT2D eigenvalue weighted by Crippen LogP contribution is -2.47. The van der Waals surface area contributed by atoms with Gasteiger partial charge >= 0.3 is 5.97 Å². The monoisotopic (exact) mass is 189 g/mol. The molecule has 0 spiro atoms. The van der Waals surface area contributed by atoms with Gasteiger partial charge in [-0.15, -0.1) is 0 Å². The number of aliphatic carboxylic acids is 1. The highest BCUT2D eigenvalue weighted by atomic mass is 19.1. The standard InChI is InChI=1S/C9H16FNO2/c1-7(8(12)13)11-5-3-9(2,10)4-6-11/h7H,3-6H2,1-2H3,(H,12,13). The number of carbonyl (C=O) groups is 1. The van der Waals surface area contributed by atoms with Crippen molar-refractivity contribution in [2.45, 2.75) is 38.4 Å². The van der Waals surface area contributed by atoms with E-state index in [-0.39, 0.29) is 0 Å². The fourth-order valence-corrected chi connectivity index (χ4v) is 1.53. The van der Waals surface area contributed by atoms with Crippen LogP contribution in [-0.4, -0.2) is 40.8 Å². The first-order chi connectivity index (χ1) is 5.92. The number of alkyl halides is 1. The zero-order valence-electron chi connectivity index (χ0n) is 8.09. The Kier molecular flexibility index (Phi) is 2.91. The highest BCUT2D eigenvalue weighted by Gasteiger charge is 2.32. The van der Waals surface area contributed by atoms with E-state index in [9.17, 15) is 9.18 Å². The Morgan fingerprint density at radius 3 is 2.38 bits per heavy atom. The van der Waals surface area contributed by atoms with E-state index in [1.165, 1.54) is 0 Å². The van der Waals surface area contributed by atoms with Crippen molar-refractivity contribution in [3.8, 4) is 0 Å². The number of carboxylic acid groups (broad SMARTS) is 1. The number of likely N-dealkylation sites (tertiary alicyclic amines) is 1. The minimum atomic E-state index is -1.10. The summed E-state index contributed by atoms with van der Waals surface area (Å²) in [6.07, 6.45) is 0.870. The van der Waals surface area contributed by atoms with Crippen molar-refractivity contribution < 1.29 is 14.3 Å². The number of rotatable bonds is 2. The molecule has 0 aliphatic carbocycles. The van der Waals surface area contributed by atoms with E-state index in [2.05, 4.69) is 0 Å². The van der Waals surface area contributed by atoms with E-state index in [4.69, 9.17) is 5.11 Å². The molecule has 0 radical (unpaired) electrons. The molecule has 0 aromatic heterocycles. The molecule has 1 rings (SSSR count). The van der Waals surface area contributed by atoms with Crippen molar-refractivity contribution in [3.05, 3.63) is 0 Å². The number of hydrogen-bond acceptors (Lipinski definition) is 2. The number of hydrogen-bond donors (Lipinski definition) is 1. The summed E-state index contributed by atoms with van der Waals surface area (Å²) >= 11 is 0. The van der Waals surface area contributed by atoms with Crippen LogP contribution in [0.15, 0.2) is 0 Å². The highest BCUT2D eigenvalue weighted by Crippen LogP contribution is 2.26. The van der Waals surface area contributed by atoms with Crippen LogP contribution in [0.25, 0.3) is 0 Å². The normalized spacial score (nSPS) is 25.5. The summed E-state index contributed by atoms with van der Waals surface area (Å²) in [7, 11) is 0. The second-order valence-electron chi connectivity index (χ2n) is 3.96. The predicted molar refractivity (Wildman–Crippen MR) is 47.4 cm³/mol. The van der Waals surface area contributed by atoms with Crippen molar-refractivity contribution in [2.24, 2.45) is 0 Å². The van der Waals surface area contributed by atoms with Crippen LogP contribution in [0.4, 0.5) is 4.39 Å². The van der Waals surface area contributed by atoms with Crippen molar-refractivity contribution in [1.82, 2.24) is 4.90 Å². The van der Waals surface area contributed by atoms with Crippen molar-refractivity contribution in [3.63, 3.8) is 0 Å². The van der Waals surface area contributed by atoms with Gasteiger partial charge in [0, 0.05) is 13.1 Å². The molecule has 1 heterocycles. The molecule has 13 heavy (non-hydrogen) atoms. The molecule has 1 atom stereocenters. The van der Waals surface area contributed by atoms with Gasteiger partial charge in [0.2, 0.25) is 0 Å². The first-order valence-corrected chi connectivity index (χ1v) is 4.58. The summed E-state index contributed by atoms with van der Waals surface area (Å²) in [6, 6.07) is -0.490. The second-order valence-corrected chi connectivity index (χ2v) is 3.96. The molecule has 1 saturated heterocycles. The Morgan fingerprint density at radius 1 is 1.54 bits per heavy atom. The molecule has 1 N–H and O–H groups in total. The third-order valence-corrected chi connectivity index (χ3v) is 2.75. The van der Waals surface area contributed by atoms with Gasteiger partial charge in [-0.3, -0.25) is 9.69 Å².